The van der Waals surface area contributed by atoms with E-state index in [0.29, 0.717) is 0 Å². The molecule has 0 radical (unpaired) electrons. The Morgan fingerprint density at radius 1 is 1.00 bits per heavy atom. The van der Waals surface area contributed by atoms with Crippen LogP contribution in [0.4, 0.5) is 0 Å². The number of nitrogens with one attached hydrogen (secondary N) is 1. The molecule has 158 valence electrons. The number of rotatable bonds is 8. The number of furan rings is 1. The van der Waals surface area contributed by atoms with Crippen molar-refractivity contribution in [2.45, 2.75) is 25.4 Å². The highest BCUT2D eigenvalue weighted by Gasteiger charge is 2.25. The Bertz CT molecular complexity index is 1070. The van der Waals surface area contributed by atoms with Gasteiger partial charge >= 0.3 is 0 Å². The maximum Gasteiger partial charge on any atom is 0.122 e. The summed E-state index contributed by atoms with van der Waals surface area (Å²) in [5, 5.41) is 8.55. The summed E-state index contributed by atoms with van der Waals surface area (Å²) in [6, 6.07) is 18.5. The van der Waals surface area contributed by atoms with Gasteiger partial charge < -0.3 is 9.73 Å². The molecular weight excluding hydrogens is 386 g/mol. The Kier molecular flexibility index (Phi) is 5.91. The van der Waals surface area contributed by atoms with Crippen molar-refractivity contribution in [3.63, 3.8) is 0 Å². The summed E-state index contributed by atoms with van der Waals surface area (Å²) in [4.78, 5) is 6.81. The van der Waals surface area contributed by atoms with Gasteiger partial charge in [0.1, 0.15) is 5.76 Å². The molecule has 0 bridgehead atoms. The van der Waals surface area contributed by atoms with E-state index in [1.807, 2.05) is 41.2 Å². The second-order valence-electron chi connectivity index (χ2n) is 7.93. The highest BCUT2D eigenvalue weighted by molar-refractivity contribution is 5.62. The lowest BCUT2D eigenvalue weighted by atomic mass is 10.1. The Hall–Kier alpha value is -3.22. The van der Waals surface area contributed by atoms with Gasteiger partial charge in [0, 0.05) is 42.8 Å². The lowest BCUT2D eigenvalue weighted by Gasteiger charge is -2.26. The third-order valence-electron chi connectivity index (χ3n) is 5.85. The predicted octanol–water partition coefficient (Wildman–Crippen LogP) is 4.45. The maximum atomic E-state index is 5.76. The Morgan fingerprint density at radius 3 is 2.61 bits per heavy atom. The minimum absolute atomic E-state index is 0.253. The van der Waals surface area contributed by atoms with Gasteiger partial charge in [-0.1, -0.05) is 18.2 Å². The first-order chi connectivity index (χ1) is 15.4. The molecule has 1 N–H and O–H groups in total. The molecule has 31 heavy (non-hydrogen) atoms. The Balaban J connectivity index is 1.37. The van der Waals surface area contributed by atoms with Gasteiger partial charge in [-0.25, -0.2) is 4.68 Å². The minimum atomic E-state index is 0.253. The topological polar surface area (TPSA) is 59.1 Å². The smallest absolute Gasteiger partial charge is 0.122 e. The average molecular weight is 414 g/mol. The highest BCUT2D eigenvalue weighted by atomic mass is 16.3. The molecule has 0 unspecified atom stereocenters. The van der Waals surface area contributed by atoms with Crippen LogP contribution in [0.1, 0.15) is 30.2 Å². The quantitative estimate of drug-likeness (QED) is 0.462. The monoisotopic (exact) mass is 413 g/mol. The zero-order valence-electron chi connectivity index (χ0n) is 17.5. The van der Waals surface area contributed by atoms with Crippen LogP contribution in [0.25, 0.3) is 16.9 Å². The van der Waals surface area contributed by atoms with E-state index in [1.54, 1.807) is 12.5 Å². The van der Waals surface area contributed by atoms with Crippen molar-refractivity contribution in [1.82, 2.24) is 25.0 Å². The van der Waals surface area contributed by atoms with Crippen molar-refractivity contribution in [3.8, 4) is 16.9 Å². The van der Waals surface area contributed by atoms with Gasteiger partial charge in [0.15, 0.2) is 0 Å². The molecule has 4 heterocycles. The van der Waals surface area contributed by atoms with Gasteiger partial charge in [-0.05, 0) is 62.3 Å². The van der Waals surface area contributed by atoms with Crippen molar-refractivity contribution in [3.05, 3.63) is 90.8 Å². The molecule has 1 fully saturated rings. The Labute approximate surface area is 182 Å². The second kappa shape index (κ2) is 9.29. The standard InChI is InChI=1S/C25H27N5O/c1-2-9-22(10-3-1)30-19-21(25(28-30)20-8-6-12-26-16-20)17-27-18-23(24-11-7-15-31-24)29-13-4-5-14-29/h1-3,6-12,15-16,19,23,27H,4-5,13-14,17-18H2/t23-/m1/s1. The van der Waals surface area contributed by atoms with Crippen molar-refractivity contribution in [2.75, 3.05) is 19.6 Å². The van der Waals surface area contributed by atoms with Crippen LogP contribution in [0.15, 0.2) is 83.9 Å². The molecule has 3 aromatic heterocycles. The summed E-state index contributed by atoms with van der Waals surface area (Å²) in [6.07, 6.45) is 10.1. The molecule has 0 aliphatic carbocycles. The third-order valence-corrected chi connectivity index (χ3v) is 5.85. The normalized spacial score (nSPS) is 15.4. The van der Waals surface area contributed by atoms with Crippen LogP contribution in [0, 0.1) is 0 Å². The summed E-state index contributed by atoms with van der Waals surface area (Å²) >= 11 is 0. The molecule has 0 amide bonds. The number of likely N-dealkylation sites (tertiary alicyclic amines) is 1. The van der Waals surface area contributed by atoms with E-state index in [0.717, 1.165) is 54.4 Å². The molecule has 0 saturated carbocycles. The maximum absolute atomic E-state index is 5.76. The number of para-hydroxylation sites is 1. The first-order valence-corrected chi connectivity index (χ1v) is 10.9. The molecule has 6 heteroatoms. The first-order valence-electron chi connectivity index (χ1n) is 10.9. The molecule has 1 aliphatic rings. The predicted molar refractivity (Wildman–Crippen MR) is 121 cm³/mol. The fourth-order valence-electron chi connectivity index (χ4n) is 4.29. The highest BCUT2D eigenvalue weighted by Crippen LogP contribution is 2.26. The average Bonchev–Trinajstić information content (AvgIpc) is 3.60. The zero-order chi connectivity index (χ0) is 20.9. The SMILES string of the molecule is c1ccc(-n2cc(CNC[C@H](c3ccco3)N3CCCC3)c(-c3cccnc3)n2)cc1. The van der Waals surface area contributed by atoms with E-state index < -0.39 is 0 Å². The van der Waals surface area contributed by atoms with Crippen LogP contribution in [-0.4, -0.2) is 39.3 Å². The molecular formula is C25H27N5O. The summed E-state index contributed by atoms with van der Waals surface area (Å²) in [5.74, 6) is 1.03. The van der Waals surface area contributed by atoms with Gasteiger partial charge in [-0.3, -0.25) is 9.88 Å². The number of hydrogen-bond acceptors (Lipinski definition) is 5. The molecule has 4 aromatic rings. The van der Waals surface area contributed by atoms with E-state index >= 15 is 0 Å². The van der Waals surface area contributed by atoms with Crippen LogP contribution >= 0.6 is 0 Å². The van der Waals surface area contributed by atoms with Gasteiger partial charge in [-0.15, -0.1) is 0 Å². The summed E-state index contributed by atoms with van der Waals surface area (Å²) < 4.78 is 7.71. The number of hydrogen-bond donors (Lipinski definition) is 1. The van der Waals surface area contributed by atoms with Crippen molar-refractivity contribution >= 4 is 0 Å². The molecule has 6 nitrogen and oxygen atoms in total. The fraction of sp³-hybridized carbons (Fsp3) is 0.280. The van der Waals surface area contributed by atoms with E-state index in [9.17, 15) is 0 Å². The van der Waals surface area contributed by atoms with E-state index in [4.69, 9.17) is 9.52 Å². The summed E-state index contributed by atoms with van der Waals surface area (Å²) in [7, 11) is 0. The van der Waals surface area contributed by atoms with Crippen LogP contribution in [-0.2, 0) is 6.54 Å². The number of nitrogens with zero attached hydrogens (tertiary/aromatic N) is 4. The fourth-order valence-corrected chi connectivity index (χ4v) is 4.29. The third kappa shape index (κ3) is 4.45. The lowest BCUT2D eigenvalue weighted by molar-refractivity contribution is 0.209. The van der Waals surface area contributed by atoms with E-state index in [2.05, 4.69) is 45.7 Å². The minimum Gasteiger partial charge on any atom is -0.468 e. The second-order valence-corrected chi connectivity index (χ2v) is 7.93. The molecule has 1 saturated heterocycles. The van der Waals surface area contributed by atoms with Crippen molar-refractivity contribution < 1.29 is 4.42 Å². The van der Waals surface area contributed by atoms with Crippen molar-refractivity contribution in [2.24, 2.45) is 0 Å². The summed E-state index contributed by atoms with van der Waals surface area (Å²) in [6.45, 7) is 3.80. The number of aromatic nitrogens is 3. The lowest BCUT2D eigenvalue weighted by Crippen LogP contribution is -2.33. The molecule has 1 aliphatic heterocycles. The van der Waals surface area contributed by atoms with Gasteiger partial charge in [0.25, 0.3) is 0 Å². The summed E-state index contributed by atoms with van der Waals surface area (Å²) in [5.41, 5.74) is 4.18. The number of pyridine rings is 1. The van der Waals surface area contributed by atoms with Crippen LogP contribution < -0.4 is 5.32 Å². The van der Waals surface area contributed by atoms with Gasteiger partial charge in [0.05, 0.1) is 23.7 Å². The molecule has 5 rings (SSSR count). The zero-order valence-corrected chi connectivity index (χ0v) is 17.5. The molecule has 0 spiro atoms. The number of benzene rings is 1. The van der Waals surface area contributed by atoms with Crippen LogP contribution in [0.3, 0.4) is 0 Å². The van der Waals surface area contributed by atoms with Crippen LogP contribution in [0.5, 0.6) is 0 Å². The van der Waals surface area contributed by atoms with E-state index in [-0.39, 0.29) is 6.04 Å². The van der Waals surface area contributed by atoms with E-state index in [1.165, 1.54) is 12.8 Å². The first kappa shape index (κ1) is 19.7. The molecule has 1 atom stereocenters. The van der Waals surface area contributed by atoms with Crippen LogP contribution in [0.2, 0.25) is 0 Å². The Morgan fingerprint density at radius 2 is 1.87 bits per heavy atom. The molecule has 1 aromatic carbocycles. The van der Waals surface area contributed by atoms with Crippen molar-refractivity contribution in [1.29, 1.82) is 0 Å². The van der Waals surface area contributed by atoms with Gasteiger partial charge in [0.2, 0.25) is 0 Å². The van der Waals surface area contributed by atoms with Gasteiger partial charge in [-0.2, -0.15) is 5.10 Å². The largest absolute Gasteiger partial charge is 0.468 e.